The second-order valence-electron chi connectivity index (χ2n) is 11.3. The summed E-state index contributed by atoms with van der Waals surface area (Å²) >= 11 is 1.49. The lowest BCUT2D eigenvalue weighted by Gasteiger charge is -2.31. The fourth-order valence-corrected chi connectivity index (χ4v) is 6.99. The van der Waals surface area contributed by atoms with Crippen molar-refractivity contribution in [1.82, 2.24) is 16.0 Å². The van der Waals surface area contributed by atoms with Crippen LogP contribution in [0.2, 0.25) is 0 Å². The van der Waals surface area contributed by atoms with Crippen LogP contribution in [0.3, 0.4) is 0 Å². The monoisotopic (exact) mass is 547 g/mol. The summed E-state index contributed by atoms with van der Waals surface area (Å²) in [7, 11) is 0. The van der Waals surface area contributed by atoms with Crippen LogP contribution in [0.15, 0.2) is 54.6 Å². The molecular formula is C32H41N3O3S. The molecule has 2 heterocycles. The molecule has 3 aromatic rings. The first-order valence-corrected chi connectivity index (χ1v) is 15.3. The normalized spacial score (nSPS) is 18.2. The summed E-state index contributed by atoms with van der Waals surface area (Å²) in [5.41, 5.74) is 1.45. The molecule has 1 aliphatic carbocycles. The number of carbonyl (C=O) groups is 2. The van der Waals surface area contributed by atoms with E-state index in [0.717, 1.165) is 48.0 Å². The molecule has 1 aliphatic heterocycles. The Kier molecular flexibility index (Phi) is 9.32. The summed E-state index contributed by atoms with van der Waals surface area (Å²) in [5, 5.41) is 10.9. The molecule has 0 spiro atoms. The van der Waals surface area contributed by atoms with Gasteiger partial charge in [-0.3, -0.25) is 9.59 Å². The number of hydrogen-bond acceptors (Lipinski definition) is 5. The van der Waals surface area contributed by atoms with E-state index < -0.39 is 5.54 Å². The Morgan fingerprint density at radius 2 is 1.85 bits per heavy atom. The Labute approximate surface area is 235 Å². The van der Waals surface area contributed by atoms with Crippen LogP contribution in [0, 0.1) is 12.8 Å². The van der Waals surface area contributed by atoms with E-state index in [9.17, 15) is 9.59 Å². The zero-order chi connectivity index (χ0) is 27.1. The highest BCUT2D eigenvalue weighted by Gasteiger charge is 2.43. The number of hydrogen-bond donors (Lipinski definition) is 3. The van der Waals surface area contributed by atoms with Crippen molar-refractivity contribution in [1.29, 1.82) is 0 Å². The average Bonchev–Trinajstić information content (AvgIpc) is 3.60. The number of aryl methyl sites for hydroxylation is 1. The largest absolute Gasteiger partial charge is 0.379 e. The molecule has 7 heteroatoms. The number of nitrogens with one attached hydrogen (secondary N) is 3. The van der Waals surface area contributed by atoms with Gasteiger partial charge in [0, 0.05) is 11.3 Å². The van der Waals surface area contributed by atoms with E-state index >= 15 is 0 Å². The van der Waals surface area contributed by atoms with Crippen LogP contribution in [0.1, 0.15) is 65.7 Å². The smallest absolute Gasteiger partial charge is 0.262 e. The third kappa shape index (κ3) is 7.27. The molecule has 3 N–H and O–H groups in total. The molecule has 0 radical (unpaired) electrons. The van der Waals surface area contributed by atoms with Crippen molar-refractivity contribution in [2.45, 2.75) is 69.9 Å². The number of amides is 2. The highest BCUT2D eigenvalue weighted by Crippen LogP contribution is 2.32. The quantitative estimate of drug-likeness (QED) is 0.282. The van der Waals surface area contributed by atoms with Gasteiger partial charge in [-0.2, -0.15) is 0 Å². The summed E-state index contributed by atoms with van der Waals surface area (Å²) in [5.74, 6) is 0.458. The lowest BCUT2D eigenvalue weighted by Crippen LogP contribution is -2.59. The molecule has 6 nitrogen and oxygen atoms in total. The first-order valence-electron chi connectivity index (χ1n) is 14.5. The Morgan fingerprint density at radius 3 is 2.62 bits per heavy atom. The van der Waals surface area contributed by atoms with E-state index in [1.807, 2.05) is 24.3 Å². The zero-order valence-electron chi connectivity index (χ0n) is 23.0. The molecule has 0 bridgehead atoms. The van der Waals surface area contributed by atoms with Crippen molar-refractivity contribution < 1.29 is 14.3 Å². The maximum atomic E-state index is 13.8. The van der Waals surface area contributed by atoms with Crippen molar-refractivity contribution in [3.8, 4) is 0 Å². The molecule has 1 unspecified atom stereocenters. The van der Waals surface area contributed by atoms with Gasteiger partial charge in [-0.05, 0) is 93.1 Å². The van der Waals surface area contributed by atoms with Crippen LogP contribution < -0.4 is 16.0 Å². The van der Waals surface area contributed by atoms with Crippen molar-refractivity contribution >= 4 is 33.2 Å². The summed E-state index contributed by atoms with van der Waals surface area (Å²) in [6, 6.07) is 18.2. The van der Waals surface area contributed by atoms with E-state index in [-0.39, 0.29) is 17.9 Å². The third-order valence-electron chi connectivity index (χ3n) is 8.25. The van der Waals surface area contributed by atoms with E-state index in [2.05, 4.69) is 53.2 Å². The minimum absolute atomic E-state index is 0.0896. The second-order valence-corrected chi connectivity index (χ2v) is 12.4. The summed E-state index contributed by atoms with van der Waals surface area (Å²) in [4.78, 5) is 27.9. The molecule has 2 aromatic carbocycles. The molecular weight excluding hydrogens is 506 g/mol. The number of benzene rings is 2. The fourth-order valence-electron chi connectivity index (χ4n) is 5.94. The number of ether oxygens (including phenoxy) is 1. The standard InChI is InChI=1S/C32H41N3O3S/c1-23-9-10-26-21-29(39-28(26)19-23)30(36)35-32(14-5-6-15-32)31(37)34-27(20-25-7-3-2-4-8-25)22-38-18-13-24-11-16-33-17-12-24/h2-4,7-10,19,21,24,27,33H,5-6,11-18,20,22H2,1H3,(H,34,37)(H,35,36). The number of carbonyl (C=O) groups excluding carboxylic acids is 2. The molecule has 1 saturated heterocycles. The second kappa shape index (κ2) is 13.1. The van der Waals surface area contributed by atoms with Gasteiger partial charge in [0.05, 0.1) is 17.5 Å². The summed E-state index contributed by atoms with van der Waals surface area (Å²) in [6.07, 6.45) is 7.32. The predicted molar refractivity (Wildman–Crippen MR) is 158 cm³/mol. The summed E-state index contributed by atoms with van der Waals surface area (Å²) < 4.78 is 7.23. The van der Waals surface area contributed by atoms with Gasteiger partial charge in [-0.1, -0.05) is 55.3 Å². The van der Waals surface area contributed by atoms with Gasteiger partial charge in [0.2, 0.25) is 5.91 Å². The minimum atomic E-state index is -0.882. The number of thiophene rings is 1. The summed E-state index contributed by atoms with van der Waals surface area (Å²) in [6.45, 7) is 5.41. The molecule has 39 heavy (non-hydrogen) atoms. The zero-order valence-corrected chi connectivity index (χ0v) is 23.8. The van der Waals surface area contributed by atoms with Crippen LogP contribution in [-0.2, 0) is 16.0 Å². The topological polar surface area (TPSA) is 79.5 Å². The van der Waals surface area contributed by atoms with Gasteiger partial charge in [0.1, 0.15) is 5.54 Å². The van der Waals surface area contributed by atoms with Crippen molar-refractivity contribution in [2.24, 2.45) is 5.92 Å². The average molecular weight is 548 g/mol. The molecule has 2 amide bonds. The molecule has 2 aliphatic rings. The number of piperidine rings is 1. The van der Waals surface area contributed by atoms with Crippen LogP contribution in [-0.4, -0.2) is 49.7 Å². The molecule has 208 valence electrons. The maximum absolute atomic E-state index is 13.8. The highest BCUT2D eigenvalue weighted by molar-refractivity contribution is 7.20. The van der Waals surface area contributed by atoms with Crippen molar-refractivity contribution in [3.05, 3.63) is 70.6 Å². The number of rotatable bonds is 11. The lowest BCUT2D eigenvalue weighted by atomic mass is 9.94. The first kappa shape index (κ1) is 27.8. The Bertz CT molecular complexity index is 1250. The SMILES string of the molecule is Cc1ccc2cc(C(=O)NC3(C(=O)NC(COCCC4CCNCC4)Cc4ccccc4)CCCC3)sc2c1. The van der Waals surface area contributed by atoms with Crippen molar-refractivity contribution in [2.75, 3.05) is 26.3 Å². The van der Waals surface area contributed by atoms with Gasteiger partial charge >= 0.3 is 0 Å². The maximum Gasteiger partial charge on any atom is 0.262 e. The van der Waals surface area contributed by atoms with Crippen LogP contribution in [0.5, 0.6) is 0 Å². The van der Waals surface area contributed by atoms with Gasteiger partial charge < -0.3 is 20.7 Å². The molecule has 5 rings (SSSR count). The first-order chi connectivity index (χ1) is 19.0. The Morgan fingerprint density at radius 1 is 1.08 bits per heavy atom. The van der Waals surface area contributed by atoms with Gasteiger partial charge in [0.15, 0.2) is 0 Å². The fraction of sp³-hybridized carbons (Fsp3) is 0.500. The molecule has 1 aromatic heterocycles. The Hall–Kier alpha value is -2.74. The Balaban J connectivity index is 1.24. The van der Waals surface area contributed by atoms with Crippen LogP contribution >= 0.6 is 11.3 Å². The van der Waals surface area contributed by atoms with E-state index in [1.165, 1.54) is 29.7 Å². The molecule has 2 fully saturated rings. The molecule has 1 atom stereocenters. The lowest BCUT2D eigenvalue weighted by molar-refractivity contribution is -0.128. The van der Waals surface area contributed by atoms with Gasteiger partial charge in [0.25, 0.3) is 5.91 Å². The van der Waals surface area contributed by atoms with Crippen LogP contribution in [0.4, 0.5) is 0 Å². The van der Waals surface area contributed by atoms with Crippen molar-refractivity contribution in [3.63, 3.8) is 0 Å². The predicted octanol–water partition coefficient (Wildman–Crippen LogP) is 5.39. The van der Waals surface area contributed by atoms with E-state index in [4.69, 9.17) is 4.74 Å². The van der Waals surface area contributed by atoms with Gasteiger partial charge in [-0.25, -0.2) is 0 Å². The minimum Gasteiger partial charge on any atom is -0.379 e. The van der Waals surface area contributed by atoms with Gasteiger partial charge in [-0.15, -0.1) is 11.3 Å². The highest BCUT2D eigenvalue weighted by atomic mass is 32.1. The molecule has 1 saturated carbocycles. The number of fused-ring (bicyclic) bond motifs is 1. The van der Waals surface area contributed by atoms with Crippen LogP contribution in [0.25, 0.3) is 10.1 Å². The van der Waals surface area contributed by atoms with E-state index in [1.54, 1.807) is 0 Å². The third-order valence-corrected chi connectivity index (χ3v) is 9.35. The van der Waals surface area contributed by atoms with E-state index in [0.29, 0.717) is 43.3 Å².